The molecule has 1 amide bonds. The van der Waals surface area contributed by atoms with Crippen molar-refractivity contribution in [1.29, 1.82) is 0 Å². The van der Waals surface area contributed by atoms with Crippen LogP contribution in [-0.4, -0.2) is 43.6 Å². The zero-order valence-corrected chi connectivity index (χ0v) is 13.3. The molecule has 0 saturated carbocycles. The molecule has 0 atom stereocenters. The number of carbonyl (C=O) groups excluding carboxylic acids is 1. The van der Waals surface area contributed by atoms with Crippen LogP contribution in [0.5, 0.6) is 5.75 Å². The first-order valence-corrected chi connectivity index (χ1v) is 7.01. The topological polar surface area (TPSA) is 41.6 Å². The third kappa shape index (κ3) is 5.02. The summed E-state index contributed by atoms with van der Waals surface area (Å²) < 4.78 is 18.3. The summed E-state index contributed by atoms with van der Waals surface area (Å²) in [5.74, 6) is -0.158. The van der Waals surface area contributed by atoms with Crippen LogP contribution in [0.1, 0.15) is 12.8 Å². The Kier molecular flexibility index (Phi) is 7.22. The summed E-state index contributed by atoms with van der Waals surface area (Å²) in [5.41, 5.74) is 0. The van der Waals surface area contributed by atoms with Crippen LogP contribution in [-0.2, 0) is 4.79 Å². The van der Waals surface area contributed by atoms with E-state index in [0.717, 1.165) is 25.9 Å². The summed E-state index contributed by atoms with van der Waals surface area (Å²) in [6, 6.07) is 4.54. The molecule has 1 saturated heterocycles. The predicted octanol–water partition coefficient (Wildman–Crippen LogP) is 2.49. The van der Waals surface area contributed by atoms with Gasteiger partial charge in [-0.3, -0.25) is 4.79 Å². The molecule has 1 N–H and O–H groups in total. The van der Waals surface area contributed by atoms with E-state index in [9.17, 15) is 9.18 Å². The fourth-order valence-electron chi connectivity index (χ4n) is 2.22. The maximum absolute atomic E-state index is 13.0. The Balaban J connectivity index is 0.00000220. The van der Waals surface area contributed by atoms with Crippen molar-refractivity contribution in [2.45, 2.75) is 18.9 Å². The summed E-state index contributed by atoms with van der Waals surface area (Å²) >= 11 is 5.65. The monoisotopic (exact) mass is 336 g/mol. The molecule has 0 unspecified atom stereocenters. The van der Waals surface area contributed by atoms with Gasteiger partial charge in [0.1, 0.15) is 11.6 Å². The third-order valence-electron chi connectivity index (χ3n) is 3.51. The third-order valence-corrected chi connectivity index (χ3v) is 3.80. The minimum absolute atomic E-state index is 0. The number of hydrogen-bond acceptors (Lipinski definition) is 3. The summed E-state index contributed by atoms with van der Waals surface area (Å²) in [6.45, 7) is 1.42. The number of nitrogens with zero attached hydrogens (tertiary/aromatic N) is 1. The molecular weight excluding hydrogens is 318 g/mol. The first-order valence-electron chi connectivity index (χ1n) is 6.63. The fraction of sp³-hybridized carbons (Fsp3) is 0.500. The molecule has 0 aromatic heterocycles. The molecule has 0 bridgehead atoms. The van der Waals surface area contributed by atoms with Gasteiger partial charge in [0.05, 0.1) is 5.02 Å². The zero-order valence-electron chi connectivity index (χ0n) is 11.8. The average Bonchev–Trinajstić information content (AvgIpc) is 2.48. The highest BCUT2D eigenvalue weighted by atomic mass is 35.5. The van der Waals surface area contributed by atoms with E-state index in [1.54, 1.807) is 4.90 Å². The van der Waals surface area contributed by atoms with Crippen LogP contribution in [0.3, 0.4) is 0 Å². The number of ether oxygens (including phenoxy) is 1. The summed E-state index contributed by atoms with van der Waals surface area (Å²) in [6.07, 6.45) is 1.90. The van der Waals surface area contributed by atoms with Gasteiger partial charge in [0.15, 0.2) is 6.61 Å². The van der Waals surface area contributed by atoms with Crippen molar-refractivity contribution in [3.8, 4) is 5.75 Å². The highest BCUT2D eigenvalue weighted by Crippen LogP contribution is 2.21. The number of piperidine rings is 1. The summed E-state index contributed by atoms with van der Waals surface area (Å²) in [7, 11) is 1.93. The lowest BCUT2D eigenvalue weighted by Crippen LogP contribution is -2.45. The predicted molar refractivity (Wildman–Crippen MR) is 82.8 cm³/mol. The van der Waals surface area contributed by atoms with Crippen LogP contribution < -0.4 is 10.1 Å². The van der Waals surface area contributed by atoms with E-state index < -0.39 is 5.82 Å². The number of amides is 1. The maximum Gasteiger partial charge on any atom is 0.260 e. The molecule has 1 aliphatic heterocycles. The molecule has 118 valence electrons. The second-order valence-corrected chi connectivity index (χ2v) is 5.22. The molecule has 2 rings (SSSR count). The molecule has 0 radical (unpaired) electrons. The van der Waals surface area contributed by atoms with Crippen LogP contribution in [0.4, 0.5) is 4.39 Å². The molecule has 4 nitrogen and oxygen atoms in total. The Morgan fingerprint density at radius 2 is 2.14 bits per heavy atom. The number of likely N-dealkylation sites (tertiary alicyclic amines) is 1. The quantitative estimate of drug-likeness (QED) is 0.918. The minimum atomic E-state index is -0.500. The van der Waals surface area contributed by atoms with Crippen molar-refractivity contribution in [2.75, 3.05) is 26.7 Å². The molecule has 1 fully saturated rings. The van der Waals surface area contributed by atoms with Gasteiger partial charge in [-0.25, -0.2) is 4.39 Å². The van der Waals surface area contributed by atoms with E-state index in [2.05, 4.69) is 5.32 Å². The molecule has 21 heavy (non-hydrogen) atoms. The van der Waals surface area contributed by atoms with Gasteiger partial charge in [-0.2, -0.15) is 0 Å². The first-order chi connectivity index (χ1) is 9.60. The Bertz CT molecular complexity index is 480. The van der Waals surface area contributed by atoms with Gasteiger partial charge in [0, 0.05) is 25.2 Å². The maximum atomic E-state index is 13.0. The highest BCUT2D eigenvalue weighted by molar-refractivity contribution is 6.30. The van der Waals surface area contributed by atoms with Gasteiger partial charge in [-0.05, 0) is 32.0 Å². The normalized spacial score (nSPS) is 15.5. The van der Waals surface area contributed by atoms with E-state index in [1.165, 1.54) is 18.2 Å². The fourth-order valence-corrected chi connectivity index (χ4v) is 2.39. The van der Waals surface area contributed by atoms with Gasteiger partial charge in [-0.15, -0.1) is 12.4 Å². The lowest BCUT2D eigenvalue weighted by atomic mass is 10.1. The minimum Gasteiger partial charge on any atom is -0.484 e. The molecule has 1 aromatic carbocycles. The number of nitrogens with one attached hydrogen (secondary N) is 1. The van der Waals surface area contributed by atoms with Crippen molar-refractivity contribution in [3.05, 3.63) is 29.0 Å². The van der Waals surface area contributed by atoms with Gasteiger partial charge in [-0.1, -0.05) is 11.6 Å². The molecule has 1 aromatic rings. The van der Waals surface area contributed by atoms with E-state index in [0.29, 0.717) is 11.8 Å². The number of rotatable bonds is 4. The number of halogens is 3. The Morgan fingerprint density at radius 3 is 2.71 bits per heavy atom. The smallest absolute Gasteiger partial charge is 0.260 e. The van der Waals surface area contributed by atoms with Crippen LogP contribution in [0, 0.1) is 5.82 Å². The summed E-state index contributed by atoms with van der Waals surface area (Å²) in [4.78, 5) is 13.8. The van der Waals surface area contributed by atoms with Crippen molar-refractivity contribution in [1.82, 2.24) is 10.2 Å². The van der Waals surface area contributed by atoms with E-state index in [1.807, 2.05) is 7.05 Å². The summed E-state index contributed by atoms with van der Waals surface area (Å²) in [5, 5.41) is 3.20. The van der Waals surface area contributed by atoms with Gasteiger partial charge < -0.3 is 15.0 Å². The zero-order chi connectivity index (χ0) is 14.5. The highest BCUT2D eigenvalue weighted by Gasteiger charge is 2.21. The largest absolute Gasteiger partial charge is 0.484 e. The Labute approximate surface area is 135 Å². The van der Waals surface area contributed by atoms with Crippen molar-refractivity contribution >= 4 is 29.9 Å². The number of benzene rings is 1. The van der Waals surface area contributed by atoms with Gasteiger partial charge in [0.2, 0.25) is 0 Å². The van der Waals surface area contributed by atoms with Crippen LogP contribution >= 0.6 is 24.0 Å². The molecular formula is C14H19Cl2FN2O2. The second kappa shape index (κ2) is 8.41. The van der Waals surface area contributed by atoms with Crippen LogP contribution in [0.25, 0.3) is 0 Å². The average molecular weight is 337 g/mol. The van der Waals surface area contributed by atoms with E-state index >= 15 is 0 Å². The van der Waals surface area contributed by atoms with Gasteiger partial charge >= 0.3 is 0 Å². The van der Waals surface area contributed by atoms with Gasteiger partial charge in [0.25, 0.3) is 5.91 Å². The second-order valence-electron chi connectivity index (χ2n) is 4.81. The molecule has 1 aliphatic rings. The Hall–Kier alpha value is -1.04. The number of carbonyl (C=O) groups is 1. The lowest BCUT2D eigenvalue weighted by molar-refractivity contribution is -0.134. The first kappa shape index (κ1) is 18.0. The SMILES string of the molecule is CNC1CCN(C(=O)COc2ccc(F)c(Cl)c2)CC1.Cl. The lowest BCUT2D eigenvalue weighted by Gasteiger charge is -2.31. The molecule has 1 heterocycles. The van der Waals surface area contributed by atoms with Crippen LogP contribution in [0.2, 0.25) is 5.02 Å². The Morgan fingerprint density at radius 1 is 1.48 bits per heavy atom. The van der Waals surface area contributed by atoms with Crippen molar-refractivity contribution in [2.24, 2.45) is 0 Å². The van der Waals surface area contributed by atoms with Crippen molar-refractivity contribution in [3.63, 3.8) is 0 Å². The van der Waals surface area contributed by atoms with E-state index in [4.69, 9.17) is 16.3 Å². The molecule has 0 spiro atoms. The number of hydrogen-bond donors (Lipinski definition) is 1. The van der Waals surface area contributed by atoms with E-state index in [-0.39, 0.29) is 29.9 Å². The molecule has 7 heteroatoms. The standard InChI is InChI=1S/C14H18ClFN2O2.ClH/c1-17-10-4-6-18(7-5-10)14(19)9-20-11-2-3-13(16)12(15)8-11;/h2-3,8,10,17H,4-7,9H2,1H3;1H. The van der Waals surface area contributed by atoms with Crippen LogP contribution in [0.15, 0.2) is 18.2 Å². The van der Waals surface area contributed by atoms with Crippen molar-refractivity contribution < 1.29 is 13.9 Å². The molecule has 0 aliphatic carbocycles.